The van der Waals surface area contributed by atoms with E-state index in [4.69, 9.17) is 0 Å². The Balaban J connectivity index is 2.02. The van der Waals surface area contributed by atoms with Crippen LogP contribution >= 0.6 is 0 Å². The maximum absolute atomic E-state index is 12.4. The van der Waals surface area contributed by atoms with Gasteiger partial charge in [-0.15, -0.1) is 0 Å². The molecule has 0 saturated carbocycles. The van der Waals surface area contributed by atoms with Crippen molar-refractivity contribution in [3.63, 3.8) is 0 Å². The molecule has 1 aromatic carbocycles. The number of nitrogens with zero attached hydrogens (tertiary/aromatic N) is 1. The molecule has 1 aliphatic rings. The highest BCUT2D eigenvalue weighted by Crippen LogP contribution is 2.19. The average molecular weight is 325 g/mol. The van der Waals surface area contributed by atoms with Gasteiger partial charge in [0.15, 0.2) is 0 Å². The summed E-state index contributed by atoms with van der Waals surface area (Å²) in [6, 6.07) is 6.25. The Hall–Kier alpha value is -1.89. The largest absolute Gasteiger partial charge is 0.465 e. The van der Waals surface area contributed by atoms with E-state index in [1.807, 2.05) is 0 Å². The number of carbonyl (C=O) groups is 2. The van der Waals surface area contributed by atoms with Crippen molar-refractivity contribution in [3.8, 4) is 0 Å². The average Bonchev–Trinajstić information content (AvgIpc) is 2.53. The predicted octanol–water partition coefficient (Wildman–Crippen LogP) is 1.12. The maximum Gasteiger partial charge on any atom is 0.337 e. The normalized spacial score (nSPS) is 16.4. The van der Waals surface area contributed by atoms with Crippen LogP contribution < -0.4 is 0 Å². The number of hydrogen-bond donors (Lipinski definition) is 0. The Morgan fingerprint density at radius 2 is 1.59 bits per heavy atom. The summed E-state index contributed by atoms with van der Waals surface area (Å²) in [5, 5.41) is -0.363. The second-order valence-corrected chi connectivity index (χ2v) is 7.72. The third kappa shape index (κ3) is 3.65. The topological polar surface area (TPSA) is 80.8 Å². The molecule has 1 saturated heterocycles. The molecule has 1 aromatic rings. The lowest BCUT2D eigenvalue weighted by Crippen LogP contribution is -2.42. The molecule has 0 N–H and O–H groups in total. The number of carbonyl (C=O) groups excluding carboxylic acids is 2. The number of piperidine rings is 1. The second-order valence-electron chi connectivity index (χ2n) is 5.39. The predicted molar refractivity (Wildman–Crippen MR) is 81.6 cm³/mol. The van der Waals surface area contributed by atoms with Crippen LogP contribution in [0.25, 0.3) is 0 Å². The van der Waals surface area contributed by atoms with Gasteiger partial charge in [-0.1, -0.05) is 0 Å². The summed E-state index contributed by atoms with van der Waals surface area (Å²) in [7, 11) is -1.75. The molecule has 1 amide bonds. The van der Waals surface area contributed by atoms with E-state index in [1.54, 1.807) is 29.2 Å². The first-order chi connectivity index (χ1) is 10.3. The third-order valence-electron chi connectivity index (χ3n) is 3.89. The highest BCUT2D eigenvalue weighted by Gasteiger charge is 2.29. The first-order valence-corrected chi connectivity index (χ1v) is 8.95. The first kappa shape index (κ1) is 16.5. The van der Waals surface area contributed by atoms with Gasteiger partial charge in [-0.25, -0.2) is 13.2 Å². The number of ether oxygens (including phenoxy) is 1. The summed E-state index contributed by atoms with van der Waals surface area (Å²) in [4.78, 5) is 25.4. The quantitative estimate of drug-likeness (QED) is 0.778. The third-order valence-corrected chi connectivity index (χ3v) is 5.57. The molecule has 0 aliphatic carbocycles. The van der Waals surface area contributed by atoms with Crippen molar-refractivity contribution in [1.82, 2.24) is 4.90 Å². The van der Waals surface area contributed by atoms with E-state index in [0.29, 0.717) is 37.1 Å². The van der Waals surface area contributed by atoms with Gasteiger partial charge in [0.2, 0.25) is 0 Å². The molecular formula is C15H19NO5S. The first-order valence-electron chi connectivity index (χ1n) is 6.99. The van der Waals surface area contributed by atoms with Gasteiger partial charge in [0.1, 0.15) is 9.84 Å². The number of amides is 1. The minimum Gasteiger partial charge on any atom is -0.465 e. The van der Waals surface area contributed by atoms with Crippen molar-refractivity contribution in [1.29, 1.82) is 0 Å². The fourth-order valence-electron chi connectivity index (χ4n) is 2.54. The Morgan fingerprint density at radius 3 is 2.05 bits per heavy atom. The lowest BCUT2D eigenvalue weighted by Gasteiger charge is -2.31. The van der Waals surface area contributed by atoms with Crippen molar-refractivity contribution >= 4 is 21.7 Å². The molecule has 0 bridgehead atoms. The van der Waals surface area contributed by atoms with Crippen LogP contribution in [0.2, 0.25) is 0 Å². The van der Waals surface area contributed by atoms with Crippen LogP contribution in [0.3, 0.4) is 0 Å². The molecule has 1 aliphatic heterocycles. The zero-order chi connectivity index (χ0) is 16.3. The van der Waals surface area contributed by atoms with Gasteiger partial charge < -0.3 is 9.64 Å². The van der Waals surface area contributed by atoms with Crippen molar-refractivity contribution < 1.29 is 22.7 Å². The summed E-state index contributed by atoms with van der Waals surface area (Å²) < 4.78 is 27.6. The Kier molecular flexibility index (Phi) is 4.85. The van der Waals surface area contributed by atoms with Crippen LogP contribution in [-0.4, -0.2) is 56.9 Å². The Bertz CT molecular complexity index is 658. The smallest absolute Gasteiger partial charge is 0.337 e. The van der Waals surface area contributed by atoms with E-state index in [9.17, 15) is 18.0 Å². The molecule has 1 fully saturated rings. The molecule has 7 heteroatoms. The Labute approximate surface area is 130 Å². The molecular weight excluding hydrogens is 306 g/mol. The van der Waals surface area contributed by atoms with E-state index in [-0.39, 0.29) is 11.2 Å². The SMILES string of the molecule is COC(=O)c1ccc(C(=O)N2CCC(S(C)(=O)=O)CC2)cc1. The summed E-state index contributed by atoms with van der Waals surface area (Å²) >= 11 is 0. The molecule has 0 spiro atoms. The number of methoxy groups -OCH3 is 1. The zero-order valence-electron chi connectivity index (χ0n) is 12.6. The van der Waals surface area contributed by atoms with Gasteiger partial charge in [-0.2, -0.15) is 0 Å². The van der Waals surface area contributed by atoms with Crippen molar-refractivity contribution in [2.75, 3.05) is 26.5 Å². The van der Waals surface area contributed by atoms with Crippen LogP contribution in [0.4, 0.5) is 0 Å². The molecule has 2 rings (SSSR count). The fraction of sp³-hybridized carbons (Fsp3) is 0.467. The maximum atomic E-state index is 12.4. The summed E-state index contributed by atoms with van der Waals surface area (Å²) in [5.41, 5.74) is 0.861. The lowest BCUT2D eigenvalue weighted by atomic mass is 10.1. The van der Waals surface area contributed by atoms with Crippen LogP contribution in [-0.2, 0) is 14.6 Å². The number of rotatable bonds is 3. The number of benzene rings is 1. The summed E-state index contributed by atoms with van der Waals surface area (Å²) in [5.74, 6) is -0.601. The molecule has 1 heterocycles. The molecule has 0 unspecified atom stereocenters. The summed E-state index contributed by atoms with van der Waals surface area (Å²) in [6.07, 6.45) is 2.16. The van der Waals surface area contributed by atoms with Crippen LogP contribution in [0.5, 0.6) is 0 Å². The standard InChI is InChI=1S/C15H19NO5S/c1-21-15(18)12-5-3-11(4-6-12)14(17)16-9-7-13(8-10-16)22(2,19)20/h3-6,13H,7-10H2,1-2H3. The van der Waals surface area contributed by atoms with Crippen LogP contribution in [0, 0.1) is 0 Å². The van der Waals surface area contributed by atoms with E-state index >= 15 is 0 Å². The molecule has 120 valence electrons. The van der Waals surface area contributed by atoms with E-state index in [0.717, 1.165) is 0 Å². The number of hydrogen-bond acceptors (Lipinski definition) is 5. The second kappa shape index (κ2) is 6.48. The van der Waals surface area contributed by atoms with E-state index in [1.165, 1.54) is 13.4 Å². The lowest BCUT2D eigenvalue weighted by molar-refractivity contribution is 0.0599. The number of esters is 1. The monoisotopic (exact) mass is 325 g/mol. The molecule has 22 heavy (non-hydrogen) atoms. The van der Waals surface area contributed by atoms with Gasteiger partial charge in [0, 0.05) is 24.9 Å². The molecule has 6 nitrogen and oxygen atoms in total. The van der Waals surface area contributed by atoms with Gasteiger partial charge >= 0.3 is 5.97 Å². The zero-order valence-corrected chi connectivity index (χ0v) is 13.4. The fourth-order valence-corrected chi connectivity index (χ4v) is 3.60. The van der Waals surface area contributed by atoms with E-state index in [2.05, 4.69) is 4.74 Å². The van der Waals surface area contributed by atoms with Crippen LogP contribution in [0.1, 0.15) is 33.6 Å². The highest BCUT2D eigenvalue weighted by atomic mass is 32.2. The van der Waals surface area contributed by atoms with Crippen molar-refractivity contribution in [2.45, 2.75) is 18.1 Å². The van der Waals surface area contributed by atoms with Gasteiger partial charge in [0.25, 0.3) is 5.91 Å². The highest BCUT2D eigenvalue weighted by molar-refractivity contribution is 7.91. The van der Waals surface area contributed by atoms with Crippen molar-refractivity contribution in [3.05, 3.63) is 35.4 Å². The molecule has 0 atom stereocenters. The minimum absolute atomic E-state index is 0.150. The van der Waals surface area contributed by atoms with E-state index < -0.39 is 15.8 Å². The minimum atomic E-state index is -3.05. The van der Waals surface area contributed by atoms with Crippen molar-refractivity contribution in [2.24, 2.45) is 0 Å². The van der Waals surface area contributed by atoms with Gasteiger partial charge in [0.05, 0.1) is 17.9 Å². The van der Waals surface area contributed by atoms with Gasteiger partial charge in [-0.05, 0) is 37.1 Å². The number of sulfone groups is 1. The number of likely N-dealkylation sites (tertiary alicyclic amines) is 1. The molecule has 0 radical (unpaired) electrons. The summed E-state index contributed by atoms with van der Waals surface area (Å²) in [6.45, 7) is 0.852. The van der Waals surface area contributed by atoms with Crippen LogP contribution in [0.15, 0.2) is 24.3 Å². The van der Waals surface area contributed by atoms with Gasteiger partial charge in [-0.3, -0.25) is 4.79 Å². The molecule has 0 aromatic heterocycles. The Morgan fingerprint density at radius 1 is 1.09 bits per heavy atom.